The van der Waals surface area contributed by atoms with Crippen LogP contribution in [-0.2, 0) is 18.3 Å². The molecule has 0 radical (unpaired) electrons. The number of aryl methyl sites for hydroxylation is 2. The molecule has 0 saturated carbocycles. The third-order valence-corrected chi connectivity index (χ3v) is 7.29. The Kier molecular flexibility index (Phi) is 7.54. The van der Waals surface area contributed by atoms with Gasteiger partial charge >= 0.3 is 6.09 Å². The Hall–Kier alpha value is -4.28. The molecule has 5 rings (SSSR count). The third-order valence-electron chi connectivity index (χ3n) is 7.29. The van der Waals surface area contributed by atoms with Crippen molar-refractivity contribution in [2.24, 2.45) is 7.05 Å². The highest BCUT2D eigenvalue weighted by Gasteiger charge is 2.29. The number of imidazole rings is 1. The highest BCUT2D eigenvalue weighted by Crippen LogP contribution is 2.34. The second kappa shape index (κ2) is 10.9. The van der Waals surface area contributed by atoms with Gasteiger partial charge in [-0.1, -0.05) is 0 Å². The van der Waals surface area contributed by atoms with E-state index < -0.39 is 11.6 Å². The lowest BCUT2D eigenvalue weighted by molar-refractivity contribution is 0.0322. The second-order valence-electron chi connectivity index (χ2n) is 11.4. The van der Waals surface area contributed by atoms with E-state index in [1.165, 1.54) is 0 Å². The highest BCUT2D eigenvalue weighted by molar-refractivity contribution is 6.00. The Bertz CT molecular complexity index is 1620. The molecule has 11 nitrogen and oxygen atoms in total. The topological polar surface area (TPSA) is 113 Å². The maximum absolute atomic E-state index is 13.7. The second-order valence-corrected chi connectivity index (χ2v) is 11.4. The summed E-state index contributed by atoms with van der Waals surface area (Å²) in [7, 11) is 5.13. The van der Waals surface area contributed by atoms with Crippen LogP contribution in [0, 0.1) is 0 Å². The Labute approximate surface area is 239 Å². The van der Waals surface area contributed by atoms with Gasteiger partial charge in [-0.2, -0.15) is 4.98 Å². The monoisotopic (exact) mass is 562 g/mol. The number of hydrogen-bond acceptors (Lipinski definition) is 7. The summed E-state index contributed by atoms with van der Waals surface area (Å²) in [5, 5.41) is 3.80. The van der Waals surface area contributed by atoms with Gasteiger partial charge < -0.3 is 33.6 Å². The average Bonchev–Trinajstić information content (AvgIpc) is 3.47. The number of likely N-dealkylation sites (tertiary alicyclic amines) is 1. The molecule has 0 spiro atoms. The van der Waals surface area contributed by atoms with Gasteiger partial charge in [0.05, 0.1) is 32.0 Å². The van der Waals surface area contributed by atoms with Crippen LogP contribution in [0.1, 0.15) is 50.9 Å². The van der Waals surface area contributed by atoms with Gasteiger partial charge in [0.1, 0.15) is 23.0 Å². The van der Waals surface area contributed by atoms with Crippen LogP contribution in [0.4, 0.5) is 4.79 Å². The van der Waals surface area contributed by atoms with E-state index >= 15 is 0 Å². The lowest BCUT2D eigenvalue weighted by atomic mass is 10.1. The summed E-state index contributed by atoms with van der Waals surface area (Å²) in [6.07, 6.45) is 0.607. The van der Waals surface area contributed by atoms with Crippen molar-refractivity contribution in [2.45, 2.75) is 58.7 Å². The summed E-state index contributed by atoms with van der Waals surface area (Å²) >= 11 is 0. The van der Waals surface area contributed by atoms with Crippen LogP contribution < -0.4 is 14.8 Å². The van der Waals surface area contributed by atoms with Gasteiger partial charge in [-0.05, 0) is 64.8 Å². The first kappa shape index (κ1) is 28.3. The lowest BCUT2D eigenvalue weighted by Gasteiger charge is -2.33. The summed E-state index contributed by atoms with van der Waals surface area (Å²) < 4.78 is 20.8. The van der Waals surface area contributed by atoms with E-state index in [1.807, 2.05) is 44.5 Å². The molecule has 1 N–H and O–H groups in total. The molecule has 1 aromatic carbocycles. The summed E-state index contributed by atoms with van der Waals surface area (Å²) in [6.45, 7) is 9.35. The number of hydrogen-bond donors (Lipinski definition) is 1. The van der Waals surface area contributed by atoms with E-state index in [9.17, 15) is 9.59 Å². The third kappa shape index (κ3) is 5.53. The molecular weight excluding hydrogens is 524 g/mol. The minimum absolute atomic E-state index is 0.152. The first-order chi connectivity index (χ1) is 19.5. The zero-order chi connectivity index (χ0) is 29.5. The predicted molar refractivity (Wildman–Crippen MR) is 157 cm³/mol. The Morgan fingerprint density at radius 2 is 1.88 bits per heavy atom. The van der Waals surface area contributed by atoms with Crippen molar-refractivity contribution in [1.29, 1.82) is 0 Å². The zero-order valence-corrected chi connectivity index (χ0v) is 24.8. The fourth-order valence-electron chi connectivity index (χ4n) is 5.44. The normalized spacial score (nSPS) is 15.8. The van der Waals surface area contributed by atoms with Crippen LogP contribution >= 0.6 is 0 Å². The number of carbonyl (C=O) groups excluding carboxylic acids is 2. The van der Waals surface area contributed by atoms with Gasteiger partial charge in [-0.15, -0.1) is 0 Å². The molecule has 218 valence electrons. The van der Waals surface area contributed by atoms with Gasteiger partial charge in [0.2, 0.25) is 5.88 Å². The number of nitrogens with zero attached hydrogens (tertiary/aromatic N) is 5. The van der Waals surface area contributed by atoms with Gasteiger partial charge in [-0.3, -0.25) is 4.79 Å². The van der Waals surface area contributed by atoms with Crippen molar-refractivity contribution in [3.8, 4) is 23.1 Å². The number of pyridine rings is 1. The standard InChI is InChI=1S/C30H38N6O5/c1-8-36-22(15-18-11-12-24(40-7)32-26(18)36)27-31-21-14-19(16-23(39-6)25(21)34(27)5)28(37)35-13-9-10-20(17-35)41-29(38)33-30(2,3)4/h11-12,14-16,20H,8-10,13,17H2,1-7H3,(H,33,38). The minimum atomic E-state index is -0.473. The van der Waals surface area contributed by atoms with Gasteiger partial charge in [0, 0.05) is 42.7 Å². The Morgan fingerprint density at radius 1 is 1.10 bits per heavy atom. The fraction of sp³-hybridized carbons (Fsp3) is 0.467. The summed E-state index contributed by atoms with van der Waals surface area (Å²) in [5.74, 6) is 1.69. The van der Waals surface area contributed by atoms with Crippen LogP contribution in [0.3, 0.4) is 0 Å². The number of amides is 2. The van der Waals surface area contributed by atoms with E-state index in [0.717, 1.165) is 34.5 Å². The molecule has 4 heterocycles. The first-order valence-electron chi connectivity index (χ1n) is 13.9. The number of benzene rings is 1. The molecule has 2 amide bonds. The van der Waals surface area contributed by atoms with E-state index in [2.05, 4.69) is 27.9 Å². The van der Waals surface area contributed by atoms with Crippen LogP contribution in [0.15, 0.2) is 30.3 Å². The minimum Gasteiger partial charge on any atom is -0.494 e. The molecule has 0 bridgehead atoms. The van der Waals surface area contributed by atoms with Gasteiger partial charge in [0.25, 0.3) is 5.91 Å². The molecule has 1 aliphatic heterocycles. The molecule has 41 heavy (non-hydrogen) atoms. The molecule has 11 heteroatoms. The number of carbonyl (C=O) groups is 2. The molecule has 1 unspecified atom stereocenters. The summed E-state index contributed by atoms with van der Waals surface area (Å²) in [6, 6.07) is 9.46. The zero-order valence-electron chi connectivity index (χ0n) is 24.8. The number of methoxy groups -OCH3 is 2. The van der Waals surface area contributed by atoms with Crippen LogP contribution in [0.2, 0.25) is 0 Å². The molecule has 1 aliphatic rings. The van der Waals surface area contributed by atoms with Crippen LogP contribution in [-0.4, -0.2) is 75.0 Å². The Morgan fingerprint density at radius 3 is 2.56 bits per heavy atom. The summed E-state index contributed by atoms with van der Waals surface area (Å²) in [4.78, 5) is 37.3. The SMILES string of the molecule is CCn1c(-c2nc3cc(C(=O)N4CCCC(OC(=O)NC(C)(C)C)C4)cc(OC)c3n2C)cc2ccc(OC)nc21. The van der Waals surface area contributed by atoms with Crippen molar-refractivity contribution in [3.63, 3.8) is 0 Å². The van der Waals surface area contributed by atoms with E-state index in [-0.39, 0.29) is 12.0 Å². The van der Waals surface area contributed by atoms with Crippen molar-refractivity contribution in [2.75, 3.05) is 27.3 Å². The number of alkyl carbamates (subject to hydrolysis) is 1. The van der Waals surface area contributed by atoms with Gasteiger partial charge in [-0.25, -0.2) is 9.78 Å². The number of piperidine rings is 1. The predicted octanol–water partition coefficient (Wildman–Crippen LogP) is 4.76. The molecular formula is C30H38N6O5. The quantitative estimate of drug-likeness (QED) is 0.361. The largest absolute Gasteiger partial charge is 0.494 e. The molecule has 4 aromatic rings. The van der Waals surface area contributed by atoms with E-state index in [0.29, 0.717) is 48.8 Å². The molecule has 1 atom stereocenters. The number of rotatable bonds is 6. The van der Waals surface area contributed by atoms with Crippen molar-refractivity contribution < 1.29 is 23.8 Å². The van der Waals surface area contributed by atoms with E-state index in [1.54, 1.807) is 31.3 Å². The average molecular weight is 563 g/mol. The van der Waals surface area contributed by atoms with Crippen molar-refractivity contribution in [1.82, 2.24) is 29.3 Å². The first-order valence-corrected chi connectivity index (χ1v) is 13.9. The number of ether oxygens (including phenoxy) is 3. The van der Waals surface area contributed by atoms with Crippen LogP contribution in [0.25, 0.3) is 33.6 Å². The maximum Gasteiger partial charge on any atom is 0.407 e. The molecule has 1 saturated heterocycles. The van der Waals surface area contributed by atoms with Crippen LogP contribution in [0.5, 0.6) is 11.6 Å². The fourth-order valence-corrected chi connectivity index (χ4v) is 5.44. The number of aromatic nitrogens is 4. The molecule has 3 aromatic heterocycles. The van der Waals surface area contributed by atoms with Gasteiger partial charge in [0.15, 0.2) is 5.82 Å². The molecule has 0 aliphatic carbocycles. The highest BCUT2D eigenvalue weighted by atomic mass is 16.6. The number of fused-ring (bicyclic) bond motifs is 2. The smallest absolute Gasteiger partial charge is 0.407 e. The summed E-state index contributed by atoms with van der Waals surface area (Å²) in [5.41, 5.74) is 3.23. The maximum atomic E-state index is 13.7. The van der Waals surface area contributed by atoms with Crippen molar-refractivity contribution in [3.05, 3.63) is 35.9 Å². The molecule has 1 fully saturated rings. The Balaban J connectivity index is 1.47. The lowest BCUT2D eigenvalue weighted by Crippen LogP contribution is -2.47. The number of nitrogens with one attached hydrogen (secondary N) is 1. The van der Waals surface area contributed by atoms with Crippen molar-refractivity contribution >= 4 is 34.1 Å². The van der Waals surface area contributed by atoms with E-state index in [4.69, 9.17) is 19.2 Å².